The van der Waals surface area contributed by atoms with Crippen molar-refractivity contribution in [2.24, 2.45) is 0 Å². The summed E-state index contributed by atoms with van der Waals surface area (Å²) in [4.78, 5) is 28.8. The van der Waals surface area contributed by atoms with Crippen molar-refractivity contribution >= 4 is 16.9 Å². The van der Waals surface area contributed by atoms with E-state index in [0.717, 1.165) is 27.8 Å². The molecule has 1 atom stereocenters. The third-order valence-electron chi connectivity index (χ3n) is 5.40. The molecule has 2 heterocycles. The Hall–Kier alpha value is -4.13. The highest BCUT2D eigenvalue weighted by Crippen LogP contribution is 2.34. The third-order valence-corrected chi connectivity index (χ3v) is 5.40. The van der Waals surface area contributed by atoms with Crippen molar-refractivity contribution in [1.82, 2.24) is 10.3 Å². The number of nitrogens with zero attached hydrogens (tertiary/aromatic N) is 1. The van der Waals surface area contributed by atoms with Crippen molar-refractivity contribution in [3.63, 3.8) is 0 Å². The predicted octanol–water partition coefficient (Wildman–Crippen LogP) is 4.26. The van der Waals surface area contributed by atoms with E-state index in [1.165, 1.54) is 6.07 Å². The lowest BCUT2D eigenvalue weighted by Crippen LogP contribution is -2.36. The quantitative estimate of drug-likeness (QED) is 0.429. The van der Waals surface area contributed by atoms with Crippen LogP contribution in [0.2, 0.25) is 0 Å². The van der Waals surface area contributed by atoms with E-state index in [9.17, 15) is 9.59 Å². The third kappa shape index (κ3) is 4.87. The second-order valence-electron chi connectivity index (χ2n) is 7.61. The molecular weight excluding hydrogens is 420 g/mol. The summed E-state index contributed by atoms with van der Waals surface area (Å²) in [6.07, 6.45) is 2.61. The number of amides is 1. The Kier molecular flexibility index (Phi) is 6.40. The summed E-state index contributed by atoms with van der Waals surface area (Å²) in [5.41, 5.74) is 3.17. The van der Waals surface area contributed by atoms with Gasteiger partial charge in [-0.25, -0.2) is 4.79 Å². The van der Waals surface area contributed by atoms with Crippen LogP contribution in [-0.4, -0.2) is 24.1 Å². The van der Waals surface area contributed by atoms with Gasteiger partial charge < -0.3 is 19.2 Å². The van der Waals surface area contributed by atoms with Crippen LogP contribution in [0.25, 0.3) is 22.1 Å². The molecule has 4 rings (SSSR count). The minimum absolute atomic E-state index is 0.250. The van der Waals surface area contributed by atoms with Crippen molar-refractivity contribution in [2.45, 2.75) is 26.5 Å². The number of ether oxygens (including phenoxy) is 2. The van der Waals surface area contributed by atoms with Crippen LogP contribution >= 0.6 is 0 Å². The van der Waals surface area contributed by atoms with E-state index in [2.05, 4.69) is 10.3 Å². The molecule has 33 heavy (non-hydrogen) atoms. The number of hydrogen-bond donors (Lipinski definition) is 1. The van der Waals surface area contributed by atoms with Crippen LogP contribution in [0.3, 0.4) is 0 Å². The van der Waals surface area contributed by atoms with Crippen LogP contribution in [0, 0.1) is 6.92 Å². The molecule has 0 saturated heterocycles. The van der Waals surface area contributed by atoms with Crippen molar-refractivity contribution < 1.29 is 18.7 Å². The molecular formula is C26H24N2O5. The summed E-state index contributed by atoms with van der Waals surface area (Å²) in [6.45, 7) is 3.86. The van der Waals surface area contributed by atoms with E-state index in [1.54, 1.807) is 39.4 Å². The molecule has 0 spiro atoms. The highest BCUT2D eigenvalue weighted by atomic mass is 16.5. The Labute approximate surface area is 191 Å². The number of aromatic nitrogens is 1. The zero-order valence-electron chi connectivity index (χ0n) is 18.6. The molecule has 2 aromatic carbocycles. The zero-order valence-corrected chi connectivity index (χ0v) is 18.6. The minimum atomic E-state index is -0.737. The fraction of sp³-hybridized carbons (Fsp3) is 0.192. The monoisotopic (exact) mass is 444 g/mol. The van der Waals surface area contributed by atoms with Crippen LogP contribution in [0.4, 0.5) is 0 Å². The van der Waals surface area contributed by atoms with E-state index in [1.807, 2.05) is 42.5 Å². The van der Waals surface area contributed by atoms with Crippen molar-refractivity contribution in [3.05, 3.63) is 88.5 Å². The molecule has 4 aromatic rings. The maximum atomic E-state index is 12.5. The molecule has 1 unspecified atom stereocenters. The smallest absolute Gasteiger partial charge is 0.336 e. The van der Waals surface area contributed by atoms with E-state index < -0.39 is 11.7 Å². The van der Waals surface area contributed by atoms with E-state index >= 15 is 0 Å². The Bertz CT molecular complexity index is 1330. The number of carbonyl (C=O) groups is 1. The predicted molar refractivity (Wildman–Crippen MR) is 125 cm³/mol. The fourth-order valence-corrected chi connectivity index (χ4v) is 3.56. The lowest BCUT2D eigenvalue weighted by atomic mass is 10.00. The van der Waals surface area contributed by atoms with Gasteiger partial charge in [0.25, 0.3) is 5.91 Å². The lowest BCUT2D eigenvalue weighted by molar-refractivity contribution is -0.127. The van der Waals surface area contributed by atoms with E-state index in [4.69, 9.17) is 13.9 Å². The number of rotatable bonds is 7. The van der Waals surface area contributed by atoms with Gasteiger partial charge in [-0.15, -0.1) is 0 Å². The summed E-state index contributed by atoms with van der Waals surface area (Å²) >= 11 is 0. The van der Waals surface area contributed by atoms with Gasteiger partial charge in [0.15, 0.2) is 6.10 Å². The molecule has 7 heteroatoms. The topological polar surface area (TPSA) is 90.7 Å². The maximum absolute atomic E-state index is 12.5. The highest BCUT2D eigenvalue weighted by molar-refractivity contribution is 5.95. The molecule has 0 saturated carbocycles. The Morgan fingerprint density at radius 2 is 1.82 bits per heavy atom. The maximum Gasteiger partial charge on any atom is 0.336 e. The molecule has 2 aromatic heterocycles. The highest BCUT2D eigenvalue weighted by Gasteiger charge is 2.18. The van der Waals surface area contributed by atoms with Gasteiger partial charge in [0.1, 0.15) is 17.1 Å². The molecule has 0 aliphatic rings. The molecule has 0 aliphatic carbocycles. The summed E-state index contributed by atoms with van der Waals surface area (Å²) in [6, 6.07) is 16.2. The molecule has 1 N–H and O–H groups in total. The molecule has 168 valence electrons. The average Bonchev–Trinajstić information content (AvgIpc) is 2.84. The standard InChI is InChI=1S/C26H24N2O5/c1-16-23(32-17(2)26(30)28-15-18-10-12-27-13-11-18)9-8-21-22(14-24(29)33-25(16)21)19-4-6-20(31-3)7-5-19/h4-14,17H,15H2,1-3H3,(H,28,30). The van der Waals surface area contributed by atoms with Crippen molar-refractivity contribution in [2.75, 3.05) is 7.11 Å². The van der Waals surface area contributed by atoms with Gasteiger partial charge in [0.05, 0.1) is 7.11 Å². The molecule has 0 fully saturated rings. The van der Waals surface area contributed by atoms with Crippen LogP contribution in [-0.2, 0) is 11.3 Å². The molecule has 7 nitrogen and oxygen atoms in total. The summed E-state index contributed by atoms with van der Waals surface area (Å²) in [5.74, 6) is 0.956. The Morgan fingerprint density at radius 1 is 1.09 bits per heavy atom. The number of pyridine rings is 1. The number of benzene rings is 2. The number of hydrogen-bond acceptors (Lipinski definition) is 6. The number of aryl methyl sites for hydroxylation is 1. The van der Waals surface area contributed by atoms with Gasteiger partial charge in [-0.1, -0.05) is 12.1 Å². The van der Waals surface area contributed by atoms with Gasteiger partial charge >= 0.3 is 5.63 Å². The first-order chi connectivity index (χ1) is 16.0. The molecule has 1 amide bonds. The first-order valence-corrected chi connectivity index (χ1v) is 10.5. The summed E-state index contributed by atoms with van der Waals surface area (Å²) in [5, 5.41) is 3.63. The minimum Gasteiger partial charge on any atom is -0.497 e. The fourth-order valence-electron chi connectivity index (χ4n) is 3.56. The Morgan fingerprint density at radius 3 is 2.52 bits per heavy atom. The number of nitrogens with one attached hydrogen (secondary N) is 1. The van der Waals surface area contributed by atoms with E-state index in [0.29, 0.717) is 23.4 Å². The van der Waals surface area contributed by atoms with E-state index in [-0.39, 0.29) is 5.91 Å². The molecule has 0 bridgehead atoms. The van der Waals surface area contributed by atoms with Gasteiger partial charge in [-0.2, -0.15) is 0 Å². The molecule has 0 aliphatic heterocycles. The van der Waals surface area contributed by atoms with Gasteiger partial charge in [0.2, 0.25) is 0 Å². The summed E-state index contributed by atoms with van der Waals surface area (Å²) < 4.78 is 16.7. The van der Waals surface area contributed by atoms with Crippen molar-refractivity contribution in [3.8, 4) is 22.6 Å². The second-order valence-corrected chi connectivity index (χ2v) is 7.61. The van der Waals surface area contributed by atoms with Gasteiger partial charge in [-0.05, 0) is 66.9 Å². The van der Waals surface area contributed by atoms with Crippen LogP contribution in [0.1, 0.15) is 18.1 Å². The van der Waals surface area contributed by atoms with Gasteiger partial charge in [0, 0.05) is 36.0 Å². The van der Waals surface area contributed by atoms with Gasteiger partial charge in [-0.3, -0.25) is 9.78 Å². The average molecular weight is 444 g/mol. The lowest BCUT2D eigenvalue weighted by Gasteiger charge is -2.17. The zero-order chi connectivity index (χ0) is 23.4. The first-order valence-electron chi connectivity index (χ1n) is 10.5. The SMILES string of the molecule is COc1ccc(-c2cc(=O)oc3c(C)c(OC(C)C(=O)NCc4ccncc4)ccc23)cc1. The summed E-state index contributed by atoms with van der Waals surface area (Å²) in [7, 11) is 1.60. The number of fused-ring (bicyclic) bond motifs is 1. The second kappa shape index (κ2) is 9.56. The molecule has 0 radical (unpaired) electrons. The van der Waals surface area contributed by atoms with Crippen molar-refractivity contribution in [1.29, 1.82) is 0 Å². The normalized spacial score (nSPS) is 11.7. The Balaban J connectivity index is 1.58. The largest absolute Gasteiger partial charge is 0.497 e. The number of carbonyl (C=O) groups excluding carboxylic acids is 1. The van der Waals surface area contributed by atoms with Crippen LogP contribution in [0.15, 0.2) is 76.2 Å². The van der Waals surface area contributed by atoms with Crippen LogP contribution in [0.5, 0.6) is 11.5 Å². The van der Waals surface area contributed by atoms with Crippen LogP contribution < -0.4 is 20.4 Å². The first kappa shape index (κ1) is 22.1. The number of methoxy groups -OCH3 is 1.